The molecule has 4 atom stereocenters. The lowest BCUT2D eigenvalue weighted by atomic mass is 9.94. The summed E-state index contributed by atoms with van der Waals surface area (Å²) in [5, 5.41) is 33.6. The Hall–Kier alpha value is -12.1. The lowest BCUT2D eigenvalue weighted by Gasteiger charge is -2.36. The number of hydrogen-bond donors (Lipinski definition) is 6. The third-order valence-corrected chi connectivity index (χ3v) is 19.3. The zero-order valence-corrected chi connectivity index (χ0v) is 70.5. The summed E-state index contributed by atoms with van der Waals surface area (Å²) in [7, 11) is 5.90. The Balaban J connectivity index is 0.000000312. The number of carbonyl (C=O) groups excluding carboxylic acids is 10. The van der Waals surface area contributed by atoms with Gasteiger partial charge in [0.1, 0.15) is 64.2 Å². The highest BCUT2D eigenvalue weighted by Crippen LogP contribution is 2.35. The van der Waals surface area contributed by atoms with Gasteiger partial charge in [0.15, 0.2) is 28.9 Å². The van der Waals surface area contributed by atoms with Gasteiger partial charge in [0, 0.05) is 112 Å². The van der Waals surface area contributed by atoms with E-state index in [9.17, 15) is 89.2 Å². The molecule has 38 heteroatoms. The minimum atomic E-state index is -1.04. The van der Waals surface area contributed by atoms with Crippen molar-refractivity contribution in [3.63, 3.8) is 0 Å². The van der Waals surface area contributed by atoms with Crippen LogP contribution in [0.5, 0.6) is 0 Å². The Morgan fingerprint density at radius 2 is 1.01 bits per heavy atom. The molecule has 6 aromatic rings. The molecule has 4 unspecified atom stereocenters. The number of aliphatic hydroxyl groups excluding tert-OH is 1. The topological polar surface area (TPSA) is 450 Å². The molecule has 0 amide bonds. The number of fused-ring (bicyclic) bond motifs is 4. The van der Waals surface area contributed by atoms with E-state index in [1.165, 1.54) is 70.9 Å². The number of benzene rings is 5. The van der Waals surface area contributed by atoms with Crippen LogP contribution in [0.2, 0.25) is 0 Å². The molecule has 5 aliphatic rings. The lowest BCUT2D eigenvalue weighted by Crippen LogP contribution is -2.46. The number of esters is 5. The smallest absolute Gasteiger partial charge is 0.341 e. The van der Waals surface area contributed by atoms with Crippen molar-refractivity contribution in [3.8, 4) is 0 Å². The van der Waals surface area contributed by atoms with Crippen molar-refractivity contribution in [2.45, 2.75) is 170 Å². The van der Waals surface area contributed by atoms with Gasteiger partial charge in [0.05, 0.1) is 104 Å². The van der Waals surface area contributed by atoms with Gasteiger partial charge in [-0.3, -0.25) is 48.6 Å². The number of carbonyl (C=O) groups is 11. The first-order valence-corrected chi connectivity index (χ1v) is 38.5. The number of rotatable bonds is 22. The van der Waals surface area contributed by atoms with E-state index in [-0.39, 0.29) is 132 Å². The number of halogens is 7. The normalized spacial score (nSPS) is 14.7. The number of Topliss-reactive ketones (excluding diaryl/α,β-unsaturated/α-hetero) is 5. The van der Waals surface area contributed by atoms with E-state index in [4.69, 9.17) is 21.7 Å². The Kier molecular flexibility index (Phi) is 41.1. The predicted molar refractivity (Wildman–Crippen MR) is 443 cm³/mol. The van der Waals surface area contributed by atoms with Crippen LogP contribution in [0.15, 0.2) is 87.8 Å². The van der Waals surface area contributed by atoms with Gasteiger partial charge in [-0.1, -0.05) is 55.4 Å². The summed E-state index contributed by atoms with van der Waals surface area (Å²) < 4.78 is 106. The van der Waals surface area contributed by atoms with E-state index in [0.717, 1.165) is 24.8 Å². The molecule has 5 aromatic carbocycles. The summed E-state index contributed by atoms with van der Waals surface area (Å²) in [4.78, 5) is 155. The summed E-state index contributed by atoms with van der Waals surface area (Å²) in [5.74, 6) is -8.48. The maximum atomic E-state index is 14.7. The third-order valence-electron chi connectivity index (χ3n) is 19.3. The summed E-state index contributed by atoms with van der Waals surface area (Å²) in [6, 6.07) is 13.5. The number of anilines is 3. The molecule has 31 nitrogen and oxygen atoms in total. The van der Waals surface area contributed by atoms with Gasteiger partial charge in [-0.2, -0.15) is 4.39 Å². The van der Waals surface area contributed by atoms with E-state index in [1.54, 1.807) is 39.0 Å². The number of aromatic nitrogens is 1. The average molecular weight is 1730 g/mol. The molecule has 1 saturated heterocycles. The van der Waals surface area contributed by atoms with Gasteiger partial charge < -0.3 is 60.9 Å². The standard InChI is InChI=1S/C24H26F2N4O2.C13H15FN2O6.C13H14FNO3.C13H12FNO3.C12H12FNO2.C5H11NO2.C4H9NO2.ClH/c1-3-18-23(32)12-15-11-16(17(25)13-20(15)27-18)14-29-7-9-30(10-8-29)21-6-5-19(22(31)4-2)28-24(21)26;1-4-9(13(18)22-3)15-10-6-8(14)7(12(17)21-2)5-11(10)16(19)20;2*1-3-10-12(16)5-7-4-8(13(17)18-2)9(14)6-11(7)15-10;1-2-10-12(16)4-7-3-8(6-15)9(13)5-11(7)14-10;1-3-4(6)5(7)8-2;1-2-3(5)4(6)7;/h5-6,11,13H,3-4,7-10,12,14H2,1-2H3;5-6,9,15H,4H2,1-3H3;4,6,10,15H,3,5H2,1-2H3;4,6H,3,5H2,1-2H3;3,5,15H,2,4,6H2,1H3;4H,3,6H2,1-2H3;3H,2,5H2,1H3,(H,6,7);1H. The number of aliphatic imine (C=N–C) groups is 3. The van der Waals surface area contributed by atoms with Gasteiger partial charge in [-0.05, 0) is 110 Å². The lowest BCUT2D eigenvalue weighted by molar-refractivity contribution is -0.384. The molecule has 660 valence electrons. The van der Waals surface area contributed by atoms with Gasteiger partial charge in [-0.25, -0.2) is 61.1 Å². The number of nitrogens with one attached hydrogen (secondary N) is 2. The zero-order chi connectivity index (χ0) is 90.4. The first-order valence-electron chi connectivity index (χ1n) is 38.5. The molecule has 0 bridgehead atoms. The number of aliphatic carboxylic acids is 1. The number of nitro benzene ring substituents is 1. The number of carboxylic acid groups (broad SMARTS) is 1. The van der Waals surface area contributed by atoms with E-state index in [0.29, 0.717) is 139 Å². The minimum Gasteiger partial charge on any atom is -0.480 e. The van der Waals surface area contributed by atoms with Gasteiger partial charge >= 0.3 is 35.8 Å². The number of ketones is 5. The third kappa shape index (κ3) is 27.7. The Morgan fingerprint density at radius 3 is 1.41 bits per heavy atom. The summed E-state index contributed by atoms with van der Waals surface area (Å²) in [6.45, 7) is 16.8. The summed E-state index contributed by atoms with van der Waals surface area (Å²) in [5.41, 5.74) is 16.0. The number of aliphatic hydroxyl groups is 1. The van der Waals surface area contributed by atoms with E-state index in [1.807, 2.05) is 39.5 Å². The van der Waals surface area contributed by atoms with Crippen molar-refractivity contribution in [2.24, 2.45) is 26.4 Å². The molecule has 0 spiro atoms. The number of methoxy groups -OCH3 is 5. The van der Waals surface area contributed by atoms with Crippen molar-refractivity contribution in [2.75, 3.05) is 77.3 Å². The van der Waals surface area contributed by atoms with Crippen molar-refractivity contribution in [1.29, 1.82) is 0 Å². The van der Waals surface area contributed by atoms with Crippen LogP contribution in [0.25, 0.3) is 0 Å². The van der Waals surface area contributed by atoms with Gasteiger partial charge in [0.25, 0.3) is 5.69 Å². The van der Waals surface area contributed by atoms with Crippen molar-refractivity contribution in [3.05, 3.63) is 174 Å². The number of piperazine rings is 1. The van der Waals surface area contributed by atoms with Crippen molar-refractivity contribution < 1.29 is 118 Å². The van der Waals surface area contributed by atoms with Crippen LogP contribution in [0.3, 0.4) is 0 Å². The predicted octanol–water partition coefficient (Wildman–Crippen LogP) is 12.0. The Bertz CT molecular complexity index is 4960. The number of nitrogens with zero attached hydrogens (tertiary/aromatic N) is 7. The number of nitro groups is 1. The molecule has 0 saturated carbocycles. The highest BCUT2D eigenvalue weighted by Gasteiger charge is 2.32. The maximum Gasteiger partial charge on any atom is 0.341 e. The van der Waals surface area contributed by atoms with Crippen molar-refractivity contribution >= 4 is 134 Å². The second-order valence-corrected chi connectivity index (χ2v) is 27.2. The number of nitrogens with two attached hydrogens (primary N) is 2. The van der Waals surface area contributed by atoms with Crippen LogP contribution in [0.4, 0.5) is 66.2 Å². The number of ether oxygens (including phenoxy) is 5. The van der Waals surface area contributed by atoms with E-state index in [2.05, 4.69) is 59.2 Å². The Morgan fingerprint density at radius 1 is 0.566 bits per heavy atom. The van der Waals surface area contributed by atoms with Crippen LogP contribution in [0, 0.1) is 45.1 Å². The summed E-state index contributed by atoms with van der Waals surface area (Å²) >= 11 is 0. The quantitative estimate of drug-likeness (QED) is 0.00699. The van der Waals surface area contributed by atoms with E-state index < -0.39 is 93.4 Å². The van der Waals surface area contributed by atoms with Crippen LogP contribution < -0.4 is 27.0 Å². The number of hydrogen-bond acceptors (Lipinski definition) is 29. The molecular formula is C84H100ClF6N11O20. The average Bonchev–Trinajstić information content (AvgIpc) is 0.742. The highest BCUT2D eigenvalue weighted by molar-refractivity contribution is 6.42. The second-order valence-electron chi connectivity index (χ2n) is 27.2. The molecule has 0 aliphatic carbocycles. The molecule has 122 heavy (non-hydrogen) atoms. The number of pyridine rings is 1. The van der Waals surface area contributed by atoms with Crippen molar-refractivity contribution in [1.82, 2.24) is 9.88 Å². The minimum absolute atomic E-state index is 0. The summed E-state index contributed by atoms with van der Waals surface area (Å²) in [6.07, 6.45) is 4.80. The van der Waals surface area contributed by atoms with Crippen LogP contribution in [0.1, 0.15) is 182 Å². The SMILES string of the molecule is CCC(=O)c1ccc(N2CCN(Cc3cc4c(cc3F)N=C(CC)C(=O)C4)CC2)c(F)n1.CCC(N)C(=O)O.CCC(N)C(=O)OC.CCC(Nc1cc(F)c(C(=O)OC)cc1[N+](=O)[O-])C(=O)OC.CCC1=Nc2cc(F)c(C(=O)OC)cc2CC1=O.CCC1=Nc2cc(F)c(CO)cc2CC1=O.CCC1Nc2cc(F)c(C(=O)OC)cc2CC1=O.Cl. The first kappa shape index (κ1) is 102. The fraction of sp³-hybridized carbons (Fsp3) is 0.417. The Labute approximate surface area is 706 Å². The van der Waals surface area contributed by atoms with Crippen LogP contribution in [-0.2, 0) is 96.1 Å². The fourth-order valence-corrected chi connectivity index (χ4v) is 12.2. The highest BCUT2D eigenvalue weighted by atomic mass is 35.5. The van der Waals surface area contributed by atoms with Crippen LogP contribution >= 0.6 is 12.4 Å². The van der Waals surface area contributed by atoms with Gasteiger partial charge in [-0.15, -0.1) is 12.4 Å². The maximum absolute atomic E-state index is 14.7. The monoisotopic (exact) mass is 1730 g/mol. The van der Waals surface area contributed by atoms with E-state index >= 15 is 0 Å². The number of carboxylic acids is 1. The van der Waals surface area contributed by atoms with Crippen LogP contribution in [-0.4, -0.2) is 193 Å². The molecule has 5 aliphatic heterocycles. The second kappa shape index (κ2) is 49.0. The molecule has 11 rings (SSSR count). The largest absolute Gasteiger partial charge is 0.480 e. The molecule has 1 fully saturated rings. The molecule has 6 heterocycles. The molecular weight excluding hydrogens is 1630 g/mol. The molecule has 8 N–H and O–H groups in total. The first-order chi connectivity index (χ1) is 57.4. The molecule has 1 aromatic heterocycles. The molecule has 0 radical (unpaired) electrons. The fourth-order valence-electron chi connectivity index (χ4n) is 12.2. The zero-order valence-electron chi connectivity index (χ0n) is 69.7. The van der Waals surface area contributed by atoms with Gasteiger partial charge in [0.2, 0.25) is 5.95 Å².